The van der Waals surface area contributed by atoms with E-state index in [4.69, 9.17) is 18.9 Å². The molecule has 0 bridgehead atoms. The molecule has 3 heterocycles. The van der Waals surface area contributed by atoms with Gasteiger partial charge in [0.05, 0.1) is 14.2 Å². The van der Waals surface area contributed by atoms with E-state index in [2.05, 4.69) is 71.6 Å². The highest BCUT2D eigenvalue weighted by Gasteiger charge is 2.41. The maximum Gasteiger partial charge on any atom is 0.231 e. The molecule has 0 spiro atoms. The van der Waals surface area contributed by atoms with Crippen LogP contribution in [0.3, 0.4) is 0 Å². The summed E-state index contributed by atoms with van der Waals surface area (Å²) >= 11 is 0. The van der Waals surface area contributed by atoms with Gasteiger partial charge in [-0.3, -0.25) is 4.90 Å². The summed E-state index contributed by atoms with van der Waals surface area (Å²) in [6.45, 7) is 2.17. The minimum atomic E-state index is 0.298. The molecule has 7 rings (SSSR count). The second-order valence-corrected chi connectivity index (χ2v) is 10.6. The number of hydrogen-bond acceptors (Lipinski definition) is 5. The van der Waals surface area contributed by atoms with Crippen LogP contribution in [0.1, 0.15) is 52.6 Å². The number of methoxy groups -OCH3 is 2. The third kappa shape index (κ3) is 3.80. The molecule has 5 heteroatoms. The quantitative estimate of drug-likeness (QED) is 0.287. The number of nitrogens with zero attached hydrogens (tertiary/aromatic N) is 1. The highest BCUT2D eigenvalue weighted by atomic mass is 16.7. The van der Waals surface area contributed by atoms with Crippen LogP contribution in [0, 0.1) is 0 Å². The van der Waals surface area contributed by atoms with E-state index in [1.165, 1.54) is 38.6 Å². The molecule has 0 aromatic heterocycles. The molecule has 2 unspecified atom stereocenters. The van der Waals surface area contributed by atoms with Gasteiger partial charge >= 0.3 is 0 Å². The summed E-state index contributed by atoms with van der Waals surface area (Å²) in [5.74, 6) is 3.78. The van der Waals surface area contributed by atoms with E-state index in [1.807, 2.05) is 0 Å². The standard InChI is InChI=1S/C33H33NO4/c1-35-29-14-13-25-26(12-6-10-22-9-5-8-21-7-3-4-11-24(21)22)32-27-18-31-30(37-20-38-31)17-23(27)15-16-34(32)19-28(25)33(29)36-2/h3-5,7-9,11,13-14,17-18,26,32H,6,10,12,15-16,19-20H2,1-2H3. The van der Waals surface area contributed by atoms with Gasteiger partial charge in [-0.25, -0.2) is 0 Å². The summed E-state index contributed by atoms with van der Waals surface area (Å²) < 4.78 is 23.2. The number of fused-ring (bicyclic) bond motifs is 6. The Hall–Kier alpha value is -3.70. The highest BCUT2D eigenvalue weighted by molar-refractivity contribution is 5.85. The van der Waals surface area contributed by atoms with E-state index in [9.17, 15) is 0 Å². The minimum absolute atomic E-state index is 0.298. The third-order valence-corrected chi connectivity index (χ3v) is 8.68. The van der Waals surface area contributed by atoms with Crippen molar-refractivity contribution in [3.8, 4) is 23.0 Å². The Labute approximate surface area is 223 Å². The van der Waals surface area contributed by atoms with E-state index in [-0.39, 0.29) is 0 Å². The van der Waals surface area contributed by atoms with E-state index < -0.39 is 0 Å². The summed E-state index contributed by atoms with van der Waals surface area (Å²) in [6, 6.07) is 24.5. The van der Waals surface area contributed by atoms with Crippen molar-refractivity contribution in [2.24, 2.45) is 0 Å². The van der Waals surface area contributed by atoms with Crippen molar-refractivity contribution in [1.82, 2.24) is 4.90 Å². The lowest BCUT2D eigenvalue weighted by atomic mass is 9.74. The van der Waals surface area contributed by atoms with E-state index in [1.54, 1.807) is 14.2 Å². The van der Waals surface area contributed by atoms with Gasteiger partial charge in [-0.05, 0) is 76.9 Å². The topological polar surface area (TPSA) is 40.2 Å². The molecule has 2 atom stereocenters. The molecule has 38 heavy (non-hydrogen) atoms. The summed E-state index contributed by atoms with van der Waals surface area (Å²) in [6.07, 6.45) is 4.26. The Morgan fingerprint density at radius 2 is 1.74 bits per heavy atom. The summed E-state index contributed by atoms with van der Waals surface area (Å²) in [4.78, 5) is 2.64. The highest BCUT2D eigenvalue weighted by Crippen LogP contribution is 2.53. The van der Waals surface area contributed by atoms with Gasteiger partial charge in [-0.15, -0.1) is 0 Å². The van der Waals surface area contributed by atoms with Crippen molar-refractivity contribution < 1.29 is 18.9 Å². The van der Waals surface area contributed by atoms with Gasteiger partial charge in [-0.2, -0.15) is 0 Å². The first-order valence-corrected chi connectivity index (χ1v) is 13.6. The van der Waals surface area contributed by atoms with Crippen LogP contribution in [0.2, 0.25) is 0 Å². The molecule has 0 saturated carbocycles. The van der Waals surface area contributed by atoms with Gasteiger partial charge in [0.1, 0.15) is 0 Å². The smallest absolute Gasteiger partial charge is 0.231 e. The van der Waals surface area contributed by atoms with Crippen LogP contribution in [-0.4, -0.2) is 32.5 Å². The van der Waals surface area contributed by atoms with Crippen LogP contribution in [0.5, 0.6) is 23.0 Å². The van der Waals surface area contributed by atoms with Crippen LogP contribution in [0.15, 0.2) is 66.7 Å². The van der Waals surface area contributed by atoms with Gasteiger partial charge in [0, 0.05) is 30.6 Å². The minimum Gasteiger partial charge on any atom is -0.493 e. The summed E-state index contributed by atoms with van der Waals surface area (Å²) in [5.41, 5.74) is 6.85. The molecule has 4 aromatic carbocycles. The molecule has 0 fully saturated rings. The first-order valence-electron chi connectivity index (χ1n) is 13.6. The predicted octanol–water partition coefficient (Wildman–Crippen LogP) is 6.81. The average Bonchev–Trinajstić information content (AvgIpc) is 3.42. The first-order chi connectivity index (χ1) is 18.7. The third-order valence-electron chi connectivity index (χ3n) is 8.68. The lowest BCUT2D eigenvalue weighted by molar-refractivity contribution is 0.126. The fraction of sp³-hybridized carbons (Fsp3) is 0.333. The molecule has 0 aliphatic carbocycles. The van der Waals surface area contributed by atoms with Crippen molar-refractivity contribution in [2.45, 2.75) is 44.2 Å². The lowest BCUT2D eigenvalue weighted by Gasteiger charge is -2.46. The fourth-order valence-electron chi connectivity index (χ4n) is 6.97. The molecule has 3 aliphatic heterocycles. The number of benzene rings is 4. The van der Waals surface area contributed by atoms with Crippen LogP contribution >= 0.6 is 0 Å². The molecule has 5 nitrogen and oxygen atoms in total. The zero-order chi connectivity index (χ0) is 25.6. The van der Waals surface area contributed by atoms with Crippen LogP contribution in [-0.2, 0) is 19.4 Å². The Kier molecular flexibility index (Phi) is 5.89. The maximum atomic E-state index is 5.93. The van der Waals surface area contributed by atoms with Crippen LogP contribution < -0.4 is 18.9 Å². The Morgan fingerprint density at radius 1 is 0.895 bits per heavy atom. The van der Waals surface area contributed by atoms with Crippen molar-refractivity contribution >= 4 is 10.8 Å². The molecular weight excluding hydrogens is 474 g/mol. The maximum absolute atomic E-state index is 5.93. The number of ether oxygens (including phenoxy) is 4. The van der Waals surface area contributed by atoms with Crippen molar-refractivity contribution in [2.75, 3.05) is 27.6 Å². The Balaban J connectivity index is 1.27. The molecule has 4 aromatic rings. The van der Waals surface area contributed by atoms with E-state index in [0.717, 1.165) is 61.8 Å². The zero-order valence-electron chi connectivity index (χ0n) is 22.0. The van der Waals surface area contributed by atoms with Gasteiger partial charge in [-0.1, -0.05) is 48.5 Å². The fourth-order valence-corrected chi connectivity index (χ4v) is 6.97. The molecule has 194 valence electrons. The number of aryl methyl sites for hydroxylation is 1. The van der Waals surface area contributed by atoms with Crippen LogP contribution in [0.25, 0.3) is 10.8 Å². The molecule has 0 N–H and O–H groups in total. The van der Waals surface area contributed by atoms with E-state index >= 15 is 0 Å². The summed E-state index contributed by atoms with van der Waals surface area (Å²) in [7, 11) is 3.48. The van der Waals surface area contributed by atoms with Crippen molar-refractivity contribution in [3.63, 3.8) is 0 Å². The molecule has 0 amide bonds. The average molecular weight is 508 g/mol. The monoisotopic (exact) mass is 507 g/mol. The first kappa shape index (κ1) is 23.4. The number of hydrogen-bond donors (Lipinski definition) is 0. The largest absolute Gasteiger partial charge is 0.493 e. The summed E-state index contributed by atoms with van der Waals surface area (Å²) in [5, 5.41) is 2.68. The molecule has 0 saturated heterocycles. The Bertz CT molecular complexity index is 1510. The lowest BCUT2D eigenvalue weighted by Crippen LogP contribution is -2.42. The van der Waals surface area contributed by atoms with Gasteiger partial charge in [0.2, 0.25) is 6.79 Å². The van der Waals surface area contributed by atoms with Gasteiger partial charge in [0.15, 0.2) is 23.0 Å². The second kappa shape index (κ2) is 9.55. The normalized spacial score (nSPS) is 19.5. The van der Waals surface area contributed by atoms with Crippen molar-refractivity contribution in [3.05, 3.63) is 94.5 Å². The van der Waals surface area contributed by atoms with E-state index in [0.29, 0.717) is 18.8 Å². The second-order valence-electron chi connectivity index (χ2n) is 10.6. The molecule has 0 radical (unpaired) electrons. The Morgan fingerprint density at radius 3 is 2.61 bits per heavy atom. The molecular formula is C33H33NO4. The molecule has 3 aliphatic rings. The van der Waals surface area contributed by atoms with Crippen molar-refractivity contribution in [1.29, 1.82) is 0 Å². The van der Waals surface area contributed by atoms with Crippen LogP contribution in [0.4, 0.5) is 0 Å². The number of rotatable bonds is 6. The SMILES string of the molecule is COc1ccc2c(c1OC)CN1CCc3cc4c(cc3C1C2CCCc1cccc2ccccc12)OCO4. The zero-order valence-corrected chi connectivity index (χ0v) is 22.0. The van der Waals surface area contributed by atoms with Gasteiger partial charge in [0.25, 0.3) is 0 Å². The van der Waals surface area contributed by atoms with Gasteiger partial charge < -0.3 is 18.9 Å². The predicted molar refractivity (Wildman–Crippen MR) is 149 cm³/mol.